The molecule has 0 atom stereocenters. The van der Waals surface area contributed by atoms with Gasteiger partial charge in [0.25, 0.3) is 0 Å². The molecule has 0 N–H and O–H groups in total. The first kappa shape index (κ1) is 19.2. The molecule has 22 heavy (non-hydrogen) atoms. The molecule has 0 aliphatic rings. The van der Waals surface area contributed by atoms with Crippen LogP contribution in [0.5, 0.6) is 0 Å². The van der Waals surface area contributed by atoms with Crippen LogP contribution in [0.15, 0.2) is 54.6 Å². The largest absolute Gasteiger partial charge is 0.741 e. The molecule has 0 amide bonds. The quantitative estimate of drug-likeness (QED) is 0.370. The van der Waals surface area contributed by atoms with Crippen molar-refractivity contribution in [1.82, 2.24) is 0 Å². The monoisotopic (exact) mass is 464 g/mol. The Morgan fingerprint density at radius 3 is 1.73 bits per heavy atom. The highest BCUT2D eigenvalue weighted by atomic mass is 127. The maximum absolute atomic E-state index is 10.7. The maximum atomic E-state index is 10.7. The summed E-state index contributed by atoms with van der Waals surface area (Å²) in [5.41, 5.74) is -5.65. The summed E-state index contributed by atoms with van der Waals surface area (Å²) < 4.78 is 61.7. The zero-order valence-electron chi connectivity index (χ0n) is 10.7. The molecular formula is C13H9ClF3IO3S. The average molecular weight is 465 g/mol. The van der Waals surface area contributed by atoms with Gasteiger partial charge in [0.2, 0.25) is 0 Å². The van der Waals surface area contributed by atoms with Crippen LogP contribution >= 0.6 is 11.6 Å². The molecule has 0 fully saturated rings. The van der Waals surface area contributed by atoms with Crippen LogP contribution < -0.4 is 21.2 Å². The van der Waals surface area contributed by atoms with Crippen molar-refractivity contribution in [3.8, 4) is 0 Å². The van der Waals surface area contributed by atoms with Gasteiger partial charge in [-0.25, -0.2) is 8.42 Å². The second-order valence-corrected chi connectivity index (χ2v) is 8.56. The van der Waals surface area contributed by atoms with Crippen molar-refractivity contribution < 1.29 is 47.3 Å². The molecule has 0 bridgehead atoms. The normalized spacial score (nSPS) is 11.5. The number of halogens is 5. The first-order valence-electron chi connectivity index (χ1n) is 5.57. The van der Waals surface area contributed by atoms with Crippen molar-refractivity contribution in [2.75, 3.05) is 0 Å². The van der Waals surface area contributed by atoms with E-state index in [2.05, 4.69) is 42.5 Å². The van der Waals surface area contributed by atoms with Crippen LogP contribution in [0.3, 0.4) is 0 Å². The minimum atomic E-state index is -6.09. The molecule has 0 aromatic heterocycles. The molecule has 0 saturated carbocycles. The van der Waals surface area contributed by atoms with Gasteiger partial charge in [0, 0.05) is 5.02 Å². The van der Waals surface area contributed by atoms with E-state index in [0.717, 1.165) is 5.02 Å². The highest BCUT2D eigenvalue weighted by molar-refractivity contribution is 7.86. The molecule has 0 aliphatic carbocycles. The summed E-state index contributed by atoms with van der Waals surface area (Å²) in [5.74, 6) is 0. The van der Waals surface area contributed by atoms with Gasteiger partial charge >= 0.3 is 26.7 Å². The predicted molar refractivity (Wildman–Crippen MR) is 71.0 cm³/mol. The number of alkyl halides is 3. The van der Waals surface area contributed by atoms with Gasteiger partial charge < -0.3 is 4.55 Å². The second kappa shape index (κ2) is 8.14. The lowest BCUT2D eigenvalue weighted by Crippen LogP contribution is -3.61. The summed E-state index contributed by atoms with van der Waals surface area (Å²) in [7, 11) is -6.09. The van der Waals surface area contributed by atoms with Crippen molar-refractivity contribution in [3.05, 3.63) is 66.8 Å². The third-order valence-electron chi connectivity index (χ3n) is 2.04. The van der Waals surface area contributed by atoms with Crippen LogP contribution in [0, 0.1) is 7.14 Å². The molecule has 3 nitrogen and oxygen atoms in total. The van der Waals surface area contributed by atoms with Gasteiger partial charge in [-0.1, -0.05) is 29.8 Å². The first-order chi connectivity index (χ1) is 10.1. The minimum absolute atomic E-state index is 0.0427. The van der Waals surface area contributed by atoms with Gasteiger partial charge in [0.05, 0.1) is 0 Å². The van der Waals surface area contributed by atoms with E-state index in [1.54, 1.807) is 0 Å². The van der Waals surface area contributed by atoms with E-state index in [-0.39, 0.29) is 21.2 Å². The fourth-order valence-electron chi connectivity index (χ4n) is 1.10. The molecule has 0 heterocycles. The van der Waals surface area contributed by atoms with Crippen LogP contribution in [0.2, 0.25) is 5.02 Å². The van der Waals surface area contributed by atoms with Gasteiger partial charge in [-0.3, -0.25) is 0 Å². The number of benzene rings is 2. The number of hydrogen-bond donors (Lipinski definition) is 0. The van der Waals surface area contributed by atoms with E-state index in [0.29, 0.717) is 0 Å². The fraction of sp³-hybridized carbons (Fsp3) is 0.0769. The van der Waals surface area contributed by atoms with Gasteiger partial charge in [0.1, 0.15) is 0 Å². The van der Waals surface area contributed by atoms with Crippen molar-refractivity contribution in [3.63, 3.8) is 0 Å². The van der Waals surface area contributed by atoms with Crippen LogP contribution in [-0.2, 0) is 10.1 Å². The molecule has 2 aromatic rings. The van der Waals surface area contributed by atoms with E-state index < -0.39 is 15.6 Å². The molecule has 2 aromatic carbocycles. The average Bonchev–Trinajstić information content (AvgIpc) is 2.41. The van der Waals surface area contributed by atoms with Crippen LogP contribution in [0.25, 0.3) is 0 Å². The summed E-state index contributed by atoms with van der Waals surface area (Å²) in [6.45, 7) is 0. The second-order valence-electron chi connectivity index (χ2n) is 3.73. The predicted octanol–water partition coefficient (Wildman–Crippen LogP) is 0.520. The van der Waals surface area contributed by atoms with Crippen LogP contribution in [0.1, 0.15) is 0 Å². The lowest BCUT2D eigenvalue weighted by Gasteiger charge is -2.08. The summed E-state index contributed by atoms with van der Waals surface area (Å²) in [5, 5.41) is 0.811. The number of hydrogen-bond acceptors (Lipinski definition) is 3. The van der Waals surface area contributed by atoms with Crippen LogP contribution in [0.4, 0.5) is 13.2 Å². The highest BCUT2D eigenvalue weighted by Gasteiger charge is 2.36. The van der Waals surface area contributed by atoms with Crippen molar-refractivity contribution >= 4 is 21.7 Å². The van der Waals surface area contributed by atoms with Crippen molar-refractivity contribution in [2.45, 2.75) is 5.51 Å². The fourth-order valence-corrected chi connectivity index (χ4v) is 3.44. The van der Waals surface area contributed by atoms with Gasteiger partial charge in [-0.15, -0.1) is 0 Å². The Bertz CT molecular complexity index is 689. The van der Waals surface area contributed by atoms with E-state index in [9.17, 15) is 13.2 Å². The highest BCUT2D eigenvalue weighted by Crippen LogP contribution is 2.20. The standard InChI is InChI=1S/C12H9ClI.CHF3O3S/c13-10-6-8-12(9-7-10)14-11-4-2-1-3-5-11;2-1(3,4)8(5,6)7/h1-9H;(H,5,6,7)/q+1;/p-1. The zero-order valence-corrected chi connectivity index (χ0v) is 14.4. The maximum Gasteiger partial charge on any atom is 0.485 e. The molecule has 2 rings (SSSR count). The van der Waals surface area contributed by atoms with E-state index in [1.165, 1.54) is 7.14 Å². The molecule has 0 aliphatic heterocycles. The molecule has 0 unspecified atom stereocenters. The summed E-state index contributed by atoms with van der Waals surface area (Å²) in [4.78, 5) is 0. The van der Waals surface area contributed by atoms with Crippen molar-refractivity contribution in [1.29, 1.82) is 0 Å². The van der Waals surface area contributed by atoms with Gasteiger partial charge in [-0.2, -0.15) is 13.2 Å². The lowest BCUT2D eigenvalue weighted by atomic mass is 10.4. The summed E-state index contributed by atoms with van der Waals surface area (Å²) in [6, 6.07) is 18.7. The Balaban J connectivity index is 0.000000261. The SMILES string of the molecule is Clc1ccc([I+]c2ccccc2)cc1.O=S(=O)([O-])C(F)(F)F. The first-order valence-corrected chi connectivity index (χ1v) is 9.51. The third kappa shape index (κ3) is 6.95. The van der Waals surface area contributed by atoms with Gasteiger partial charge in [-0.05, 0) is 36.4 Å². The third-order valence-corrected chi connectivity index (χ3v) is 5.54. The Hall–Kier alpha value is -0.840. The smallest absolute Gasteiger partial charge is 0.485 e. The van der Waals surface area contributed by atoms with Crippen LogP contribution in [-0.4, -0.2) is 18.5 Å². The Morgan fingerprint density at radius 1 is 0.909 bits per heavy atom. The molecule has 0 spiro atoms. The Labute approximate surface area is 141 Å². The van der Waals surface area contributed by atoms with E-state index in [4.69, 9.17) is 24.6 Å². The number of rotatable bonds is 2. The molecule has 0 saturated heterocycles. The Morgan fingerprint density at radius 2 is 1.32 bits per heavy atom. The summed E-state index contributed by atoms with van der Waals surface area (Å²) >= 11 is 5.78. The van der Waals surface area contributed by atoms with Crippen molar-refractivity contribution in [2.24, 2.45) is 0 Å². The molecule has 9 heteroatoms. The molecule has 120 valence electrons. The topological polar surface area (TPSA) is 57.2 Å². The van der Waals surface area contributed by atoms with Gasteiger partial charge in [0.15, 0.2) is 17.3 Å². The molecule has 0 radical (unpaired) electrons. The lowest BCUT2D eigenvalue weighted by molar-refractivity contribution is -0.597. The van der Waals surface area contributed by atoms with E-state index >= 15 is 0 Å². The zero-order chi connectivity index (χ0) is 16.8. The van der Waals surface area contributed by atoms with E-state index in [1.807, 2.05) is 12.1 Å². The molecular weight excluding hydrogens is 456 g/mol. The Kier molecular flexibility index (Phi) is 7.10. The summed E-state index contributed by atoms with van der Waals surface area (Å²) in [6.07, 6.45) is 0. The minimum Gasteiger partial charge on any atom is -0.741 e.